The number of thioether (sulfide) groups is 3. The molecule has 16 N–H and O–H groups in total. The molecular formula is C98H140F4N12O18S3. The van der Waals surface area contributed by atoms with Gasteiger partial charge in [0.05, 0.1) is 88.0 Å². The molecular weight excluding hydrogens is 1810 g/mol. The summed E-state index contributed by atoms with van der Waals surface area (Å²) in [5.74, 6) is 5.84. The molecule has 6 heterocycles. The number of ether oxygens (including phenoxy) is 8. The van der Waals surface area contributed by atoms with Gasteiger partial charge in [-0.15, -0.1) is 0 Å². The van der Waals surface area contributed by atoms with Gasteiger partial charge in [0.15, 0.2) is 11.6 Å². The van der Waals surface area contributed by atoms with Crippen molar-refractivity contribution < 1.29 is 103 Å². The molecule has 6 aliphatic heterocycles. The molecule has 0 bridgehead atoms. The highest BCUT2D eigenvalue weighted by atomic mass is 32.2. The van der Waals surface area contributed by atoms with Gasteiger partial charge in [-0.25, -0.2) is 31.9 Å². The molecule has 746 valence electrons. The fourth-order valence-corrected chi connectivity index (χ4v) is 19.7. The number of halogens is 4. The van der Waals surface area contributed by atoms with Crippen molar-refractivity contribution in [1.82, 2.24) is 37.2 Å². The lowest BCUT2D eigenvalue weighted by molar-refractivity contribution is -0.120. The molecule has 4 aromatic rings. The summed E-state index contributed by atoms with van der Waals surface area (Å²) in [6, 6.07) is 28.3. The highest BCUT2D eigenvalue weighted by Crippen LogP contribution is 2.36. The zero-order valence-corrected chi connectivity index (χ0v) is 80.1. The van der Waals surface area contributed by atoms with Gasteiger partial charge in [-0.2, -0.15) is 35.3 Å². The van der Waals surface area contributed by atoms with Crippen LogP contribution in [0, 0.1) is 0 Å². The number of Topliss-reactive ketones (excluding diaryl/α,β-unsaturated/α-hetero) is 5. The maximum Gasteiger partial charge on any atom is 0.315 e. The molecule has 0 spiro atoms. The second-order valence-corrected chi connectivity index (χ2v) is 37.2. The van der Waals surface area contributed by atoms with E-state index >= 15 is 0 Å². The van der Waals surface area contributed by atoms with Crippen LogP contribution in [0.5, 0.6) is 23.0 Å². The number of carbonyl (C=O) groups excluding carboxylic acids is 10. The number of benzene rings is 4. The fourth-order valence-electron chi connectivity index (χ4n) is 15.1. The van der Waals surface area contributed by atoms with E-state index in [2.05, 4.69) is 42.5 Å². The first-order valence-electron chi connectivity index (χ1n) is 47.1. The van der Waals surface area contributed by atoms with Crippen molar-refractivity contribution >= 4 is 99.8 Å². The van der Waals surface area contributed by atoms with Gasteiger partial charge in [0, 0.05) is 195 Å². The molecule has 30 nitrogen and oxygen atoms in total. The summed E-state index contributed by atoms with van der Waals surface area (Å²) in [6.07, 6.45) is 21.6. The van der Waals surface area contributed by atoms with E-state index in [-0.39, 0.29) is 142 Å². The van der Waals surface area contributed by atoms with E-state index in [0.717, 1.165) is 101 Å². The Bertz CT molecular complexity index is 4210. The van der Waals surface area contributed by atoms with Crippen LogP contribution in [0.2, 0.25) is 0 Å². The summed E-state index contributed by atoms with van der Waals surface area (Å²) < 4.78 is 93.7. The molecule has 9 atom stereocenters. The quantitative estimate of drug-likeness (QED) is 0.00845. The lowest BCUT2D eigenvalue weighted by Gasteiger charge is -2.16. The van der Waals surface area contributed by atoms with Crippen molar-refractivity contribution in [2.45, 2.75) is 226 Å². The van der Waals surface area contributed by atoms with Crippen LogP contribution in [0.15, 0.2) is 145 Å². The highest BCUT2D eigenvalue weighted by molar-refractivity contribution is 8.00. The lowest BCUT2D eigenvalue weighted by Crippen LogP contribution is -2.36. The predicted octanol–water partition coefficient (Wildman–Crippen LogP) is 14.0. The number of urea groups is 3. The number of nitrogens with one attached hydrogen (secondary N) is 8. The minimum Gasteiger partial charge on any atom is -0.489 e. The first-order chi connectivity index (χ1) is 65.7. The molecule has 37 heteroatoms. The zero-order chi connectivity index (χ0) is 97.0. The van der Waals surface area contributed by atoms with Crippen LogP contribution < -0.4 is 84.4 Å². The van der Waals surface area contributed by atoms with Gasteiger partial charge in [-0.05, 0) is 174 Å². The minimum atomic E-state index is -0.147. The summed E-state index contributed by atoms with van der Waals surface area (Å²) >= 11 is 5.73. The van der Waals surface area contributed by atoms with Crippen molar-refractivity contribution in [2.75, 3.05) is 135 Å². The molecule has 9 unspecified atom stereocenters. The third-order valence-corrected chi connectivity index (χ3v) is 27.5. The van der Waals surface area contributed by atoms with E-state index in [0.29, 0.717) is 257 Å². The maximum atomic E-state index is 12.5. The van der Waals surface area contributed by atoms with E-state index in [9.17, 15) is 65.5 Å². The Hall–Kier alpha value is -9.41. The molecule has 8 amide bonds. The van der Waals surface area contributed by atoms with Crippen molar-refractivity contribution in [2.24, 2.45) is 22.9 Å². The number of nitrogens with two attached hydrogens (primary N) is 4. The van der Waals surface area contributed by atoms with Crippen LogP contribution in [-0.2, 0) is 38.1 Å². The Kier molecular flexibility index (Phi) is 55.8. The van der Waals surface area contributed by atoms with Crippen LogP contribution in [0.1, 0.15) is 205 Å². The van der Waals surface area contributed by atoms with E-state index in [1.807, 2.05) is 35.3 Å². The van der Waals surface area contributed by atoms with Gasteiger partial charge in [-0.3, -0.25) is 33.6 Å². The molecule has 6 fully saturated rings. The predicted molar refractivity (Wildman–Crippen MR) is 521 cm³/mol. The first kappa shape index (κ1) is 113. The Morgan fingerprint density at radius 2 is 0.652 bits per heavy atom. The van der Waals surface area contributed by atoms with Gasteiger partial charge >= 0.3 is 18.1 Å². The zero-order valence-electron chi connectivity index (χ0n) is 77.7. The van der Waals surface area contributed by atoms with Crippen LogP contribution in [-0.4, -0.2) is 240 Å². The summed E-state index contributed by atoms with van der Waals surface area (Å²) in [5, 5.41) is 24.8. The third-order valence-electron chi connectivity index (χ3n) is 23.0. The third kappa shape index (κ3) is 44.7. The first-order valence-corrected chi connectivity index (χ1v) is 50.2. The number of amides is 8. The Balaban J connectivity index is 0.000000254. The second kappa shape index (κ2) is 67.0. The van der Waals surface area contributed by atoms with Gasteiger partial charge in [-0.1, -0.05) is 39.0 Å². The molecule has 6 saturated heterocycles. The fraction of sp³-hybridized carbons (Fsp3) is 0.571. The van der Waals surface area contributed by atoms with Gasteiger partial charge in [0.2, 0.25) is 5.91 Å². The van der Waals surface area contributed by atoms with Crippen LogP contribution in [0.3, 0.4) is 0 Å². The number of carbonyl (C=O) groups is 10. The molecule has 0 aliphatic carbocycles. The van der Waals surface area contributed by atoms with Crippen molar-refractivity contribution in [3.8, 4) is 23.0 Å². The number of rotatable bonds is 65. The summed E-state index contributed by atoms with van der Waals surface area (Å²) in [5.41, 5.74) is 25.4. The topological polar surface area (TPSA) is 445 Å². The van der Waals surface area contributed by atoms with E-state index in [1.165, 1.54) is 0 Å². The minimum absolute atomic E-state index is 0.0206. The summed E-state index contributed by atoms with van der Waals surface area (Å²) in [7, 11) is 0. The molecule has 10 rings (SSSR count). The van der Waals surface area contributed by atoms with Crippen molar-refractivity contribution in [3.05, 3.63) is 161 Å². The number of fused-ring (bicyclic) bond motifs is 3. The molecule has 6 aliphatic rings. The molecule has 0 aromatic heterocycles. The van der Waals surface area contributed by atoms with Crippen LogP contribution in [0.25, 0.3) is 0 Å². The maximum absolute atomic E-state index is 12.5. The normalized spacial score (nSPS) is 19.1. The standard InChI is InChI=1S/C31H46FN3O7S.C27H39FN4O4S.C27H38FN3O5S.C13H17FN2O2/c32-19-23(20-33)21-42-26-11-9-24(10-12-26)28(37)7-4-14-40-16-18-41-17-15-39-13-3-6-25(36)5-1-2-8-29-30-27(22-43-29)34-31(38)35-30;28-15-19(16-29)17-36-22-12-10-20(11-13-22)26(34)30-14-6-2-1-3-7-21(33)8-4-5-9-24-25-23(18-37-24)31-27(35)32-25;28-15-19(16-29)17-36-22-11-9-20(10-12-22)24(33)7-4-14-35-13-3-6-21(32)5-1-2-8-25-26-23(18-37-25)30-27(34)31-26;1-2-13(17)16-11-3-5-12(6-4-11)18-9-10(7-14)8-15/h9-12,19,27,29-30H,1-8,13-18,20-22,33H2,(H2,34,35,38);10-13,15,23-25H,1-9,14,16-18,29H2,(H,30,34)(H2,31,32,35);9-12,15,23,25-26H,1-8,13-14,16-18,29H2,(H2,30,31,34);3-7H,2,8-9,15H2,1H3,(H,16,17)/b23-19+;2*19-15+;10-7+. The average Bonchev–Trinajstić information content (AvgIpc) is 1.68. The van der Waals surface area contributed by atoms with Crippen molar-refractivity contribution in [1.29, 1.82) is 0 Å². The summed E-state index contributed by atoms with van der Waals surface area (Å²) in [4.78, 5) is 119. The molecule has 0 saturated carbocycles. The average molecular weight is 1950 g/mol. The molecule has 0 radical (unpaired) electrons. The number of unbranched alkanes of at least 4 members (excludes halogenated alkanes) is 6. The van der Waals surface area contributed by atoms with Crippen LogP contribution >= 0.6 is 35.3 Å². The highest BCUT2D eigenvalue weighted by Gasteiger charge is 2.45. The van der Waals surface area contributed by atoms with E-state index in [4.69, 9.17) is 60.8 Å². The number of anilines is 1. The van der Waals surface area contributed by atoms with Gasteiger partial charge in [0.1, 0.15) is 66.8 Å². The van der Waals surface area contributed by atoms with E-state index in [1.54, 1.807) is 104 Å². The number of hydrogen-bond acceptors (Lipinski definition) is 25. The van der Waals surface area contributed by atoms with Gasteiger partial charge < -0.3 is 103 Å². The number of ketones is 5. The van der Waals surface area contributed by atoms with Crippen LogP contribution in [0.4, 0.5) is 37.6 Å². The van der Waals surface area contributed by atoms with Gasteiger partial charge in [0.25, 0.3) is 5.91 Å². The Labute approximate surface area is 803 Å². The van der Waals surface area contributed by atoms with E-state index < -0.39 is 0 Å². The monoisotopic (exact) mass is 1940 g/mol. The smallest absolute Gasteiger partial charge is 0.315 e. The van der Waals surface area contributed by atoms with Crippen molar-refractivity contribution in [3.63, 3.8) is 0 Å². The molecule has 135 heavy (non-hydrogen) atoms. The Morgan fingerprint density at radius 1 is 0.363 bits per heavy atom. The molecule has 4 aromatic carbocycles. The SMILES string of the molecule is CCC(=O)Nc1ccc(OC/C(=C/F)CN)cc1.NC/C(=C\F)COc1ccc(C(=O)CCCOCCCC(=O)CCCCC2SCC3NC(=O)NC32)cc1.NC/C(=C\F)COc1ccc(C(=O)CCCOCCOCCOCCCC(=O)CCCCC2SCC3NC(=O)NC32)cc1.NC/C(=C\F)COc1ccc(C(=O)NCCCCCCC(=O)CCCCC2SCC3NC(=O)NC32)cc1. The summed E-state index contributed by atoms with van der Waals surface area (Å²) in [6.45, 7) is 6.93. The lowest BCUT2D eigenvalue weighted by atomic mass is 10.0. The second-order valence-electron chi connectivity index (χ2n) is 33.4. The number of hydrogen-bond donors (Lipinski definition) is 12. The largest absolute Gasteiger partial charge is 0.489 e. The Morgan fingerprint density at radius 3 is 0.978 bits per heavy atom.